The minimum Gasteiger partial charge on any atom is -0.497 e. The molecule has 0 spiro atoms. The Kier molecular flexibility index (Phi) is 7.84. The Morgan fingerprint density at radius 1 is 0.950 bits per heavy atom. The molecule has 2 heterocycles. The van der Waals surface area contributed by atoms with Gasteiger partial charge in [0.05, 0.1) is 49.8 Å². The molecule has 3 aromatic carbocycles. The number of esters is 1. The van der Waals surface area contributed by atoms with Gasteiger partial charge in [0.25, 0.3) is 5.56 Å². The van der Waals surface area contributed by atoms with Crippen LogP contribution in [-0.2, 0) is 9.53 Å². The van der Waals surface area contributed by atoms with Crippen molar-refractivity contribution in [3.63, 3.8) is 0 Å². The standard InChI is InChI=1S/C31H28N2O6S/c1-5-39-30(35)26-27(19-10-7-6-8-11-19)32-31-33(28(26)20-12-9-13-22(16-20)36-2)29(34)25(40-31)18-21-17-23(37-3)14-15-24(21)38-4/h6-18,28H,5H2,1-4H3/t28-/m1/s1. The summed E-state index contributed by atoms with van der Waals surface area (Å²) in [7, 11) is 4.72. The van der Waals surface area contributed by atoms with E-state index >= 15 is 0 Å². The minimum atomic E-state index is -0.796. The van der Waals surface area contributed by atoms with Gasteiger partial charge in [0.1, 0.15) is 17.2 Å². The molecule has 40 heavy (non-hydrogen) atoms. The van der Waals surface area contributed by atoms with E-state index in [1.807, 2.05) is 54.6 Å². The van der Waals surface area contributed by atoms with Crippen molar-refractivity contribution in [2.45, 2.75) is 13.0 Å². The zero-order valence-electron chi connectivity index (χ0n) is 22.5. The van der Waals surface area contributed by atoms with Gasteiger partial charge in [0.15, 0.2) is 4.80 Å². The molecule has 1 atom stereocenters. The summed E-state index contributed by atoms with van der Waals surface area (Å²) in [4.78, 5) is 33.0. The van der Waals surface area contributed by atoms with Crippen LogP contribution in [-0.4, -0.2) is 38.5 Å². The fraction of sp³-hybridized carbons (Fsp3) is 0.194. The van der Waals surface area contributed by atoms with Crippen molar-refractivity contribution in [1.82, 2.24) is 4.57 Å². The fourth-order valence-electron chi connectivity index (χ4n) is 4.66. The lowest BCUT2D eigenvalue weighted by molar-refractivity contribution is -0.138. The lowest BCUT2D eigenvalue weighted by Crippen LogP contribution is -2.40. The van der Waals surface area contributed by atoms with Crippen molar-refractivity contribution in [2.75, 3.05) is 27.9 Å². The van der Waals surface area contributed by atoms with Crippen molar-refractivity contribution in [2.24, 2.45) is 4.99 Å². The Labute approximate surface area is 235 Å². The molecule has 0 aliphatic carbocycles. The lowest BCUT2D eigenvalue weighted by atomic mass is 9.93. The highest BCUT2D eigenvalue weighted by Crippen LogP contribution is 2.36. The summed E-state index contributed by atoms with van der Waals surface area (Å²) < 4.78 is 23.9. The SMILES string of the molecule is CCOC(=O)C1=C(c2ccccc2)N=c2sc(=Cc3cc(OC)ccc3OC)c(=O)n2[C@@H]1c1cccc(OC)c1. The van der Waals surface area contributed by atoms with Crippen LogP contribution in [0.3, 0.4) is 0 Å². The third kappa shape index (κ3) is 5.03. The fourth-order valence-corrected chi connectivity index (χ4v) is 5.65. The van der Waals surface area contributed by atoms with Crippen LogP contribution in [0.25, 0.3) is 11.8 Å². The molecular formula is C31H28N2O6S. The third-order valence-electron chi connectivity index (χ3n) is 6.51. The Balaban J connectivity index is 1.84. The van der Waals surface area contributed by atoms with Gasteiger partial charge in [-0.2, -0.15) is 0 Å². The molecule has 0 fully saturated rings. The molecule has 1 aromatic heterocycles. The maximum absolute atomic E-state index is 14.1. The van der Waals surface area contributed by atoms with Gasteiger partial charge >= 0.3 is 5.97 Å². The van der Waals surface area contributed by atoms with E-state index < -0.39 is 12.0 Å². The molecule has 1 aliphatic heterocycles. The normalized spacial score (nSPS) is 14.8. The van der Waals surface area contributed by atoms with Gasteiger partial charge in [-0.25, -0.2) is 9.79 Å². The first-order chi connectivity index (χ1) is 19.5. The van der Waals surface area contributed by atoms with E-state index in [1.165, 1.54) is 11.3 Å². The summed E-state index contributed by atoms with van der Waals surface area (Å²) in [6.45, 7) is 1.92. The second-order valence-electron chi connectivity index (χ2n) is 8.82. The number of aromatic nitrogens is 1. The monoisotopic (exact) mass is 556 g/mol. The van der Waals surface area contributed by atoms with Crippen LogP contribution < -0.4 is 29.1 Å². The van der Waals surface area contributed by atoms with Crippen molar-refractivity contribution in [3.8, 4) is 17.2 Å². The van der Waals surface area contributed by atoms with Gasteiger partial charge in [0.2, 0.25) is 0 Å². The topological polar surface area (TPSA) is 88.4 Å². The Hall–Kier alpha value is -4.63. The van der Waals surface area contributed by atoms with Gasteiger partial charge in [-0.05, 0) is 48.9 Å². The molecule has 9 heteroatoms. The molecular weight excluding hydrogens is 528 g/mol. The van der Waals surface area contributed by atoms with E-state index in [2.05, 4.69) is 0 Å². The summed E-state index contributed by atoms with van der Waals surface area (Å²) in [6.07, 6.45) is 1.75. The number of benzene rings is 3. The molecule has 0 N–H and O–H groups in total. The first kappa shape index (κ1) is 27.0. The number of thiazole rings is 1. The molecule has 0 saturated heterocycles. The number of fused-ring (bicyclic) bond motifs is 1. The quantitative estimate of drug-likeness (QED) is 0.306. The second kappa shape index (κ2) is 11.6. The Morgan fingerprint density at radius 3 is 2.40 bits per heavy atom. The van der Waals surface area contributed by atoms with Crippen LogP contribution in [0.4, 0.5) is 0 Å². The van der Waals surface area contributed by atoms with Crippen molar-refractivity contribution in [3.05, 3.63) is 115 Å². The Bertz CT molecular complexity index is 1770. The highest BCUT2D eigenvalue weighted by Gasteiger charge is 2.35. The van der Waals surface area contributed by atoms with Crippen LogP contribution in [0.15, 0.2) is 88.2 Å². The third-order valence-corrected chi connectivity index (χ3v) is 7.49. The van der Waals surface area contributed by atoms with E-state index in [9.17, 15) is 9.59 Å². The summed E-state index contributed by atoms with van der Waals surface area (Å²) in [5, 5.41) is 0. The average molecular weight is 557 g/mol. The lowest BCUT2D eigenvalue weighted by Gasteiger charge is -2.26. The second-order valence-corrected chi connectivity index (χ2v) is 9.83. The van der Waals surface area contributed by atoms with Crippen molar-refractivity contribution in [1.29, 1.82) is 0 Å². The van der Waals surface area contributed by atoms with Gasteiger partial charge < -0.3 is 18.9 Å². The van der Waals surface area contributed by atoms with E-state index in [0.717, 1.165) is 5.56 Å². The maximum Gasteiger partial charge on any atom is 0.338 e. The number of rotatable bonds is 8. The van der Waals surface area contributed by atoms with Crippen LogP contribution in [0.1, 0.15) is 29.7 Å². The van der Waals surface area contributed by atoms with E-state index in [-0.39, 0.29) is 17.7 Å². The van der Waals surface area contributed by atoms with Crippen LogP contribution in [0.2, 0.25) is 0 Å². The first-order valence-corrected chi connectivity index (χ1v) is 13.4. The summed E-state index contributed by atoms with van der Waals surface area (Å²) >= 11 is 1.24. The van der Waals surface area contributed by atoms with Crippen LogP contribution in [0.5, 0.6) is 17.2 Å². The number of hydrogen-bond donors (Lipinski definition) is 0. The van der Waals surface area contributed by atoms with E-state index in [1.54, 1.807) is 57.1 Å². The number of carbonyl (C=O) groups excluding carboxylic acids is 1. The highest BCUT2D eigenvalue weighted by atomic mass is 32.1. The van der Waals surface area contributed by atoms with Gasteiger partial charge in [-0.1, -0.05) is 53.8 Å². The zero-order valence-corrected chi connectivity index (χ0v) is 23.4. The summed E-state index contributed by atoms with van der Waals surface area (Å²) in [5.74, 6) is 1.28. The Morgan fingerprint density at radius 2 is 1.70 bits per heavy atom. The molecule has 8 nitrogen and oxygen atoms in total. The largest absolute Gasteiger partial charge is 0.497 e. The molecule has 0 amide bonds. The van der Waals surface area contributed by atoms with E-state index in [0.29, 0.717) is 43.4 Å². The van der Waals surface area contributed by atoms with E-state index in [4.69, 9.17) is 23.9 Å². The number of nitrogens with zero attached hydrogens (tertiary/aromatic N) is 2. The van der Waals surface area contributed by atoms with Crippen LogP contribution >= 0.6 is 11.3 Å². The molecule has 4 aromatic rings. The minimum absolute atomic E-state index is 0.176. The van der Waals surface area contributed by atoms with Gasteiger partial charge in [-0.15, -0.1) is 0 Å². The zero-order chi connectivity index (χ0) is 28.2. The molecule has 0 unspecified atom stereocenters. The number of carbonyl (C=O) groups is 1. The smallest absolute Gasteiger partial charge is 0.338 e. The predicted molar refractivity (Wildman–Crippen MR) is 154 cm³/mol. The molecule has 5 rings (SSSR count). The number of ether oxygens (including phenoxy) is 4. The van der Waals surface area contributed by atoms with Crippen molar-refractivity contribution >= 4 is 29.1 Å². The van der Waals surface area contributed by atoms with Crippen molar-refractivity contribution < 1.29 is 23.7 Å². The highest BCUT2D eigenvalue weighted by molar-refractivity contribution is 7.07. The van der Waals surface area contributed by atoms with Gasteiger partial charge in [0, 0.05) is 11.1 Å². The number of hydrogen-bond acceptors (Lipinski definition) is 8. The summed E-state index contributed by atoms with van der Waals surface area (Å²) in [6, 6.07) is 21.3. The molecule has 204 valence electrons. The summed E-state index contributed by atoms with van der Waals surface area (Å²) in [5.41, 5.74) is 2.55. The molecule has 0 radical (unpaired) electrons. The van der Waals surface area contributed by atoms with Gasteiger partial charge in [-0.3, -0.25) is 9.36 Å². The molecule has 0 bridgehead atoms. The first-order valence-electron chi connectivity index (χ1n) is 12.6. The maximum atomic E-state index is 14.1. The molecule has 0 saturated carbocycles. The van der Waals surface area contributed by atoms with Crippen LogP contribution in [0, 0.1) is 0 Å². The number of methoxy groups -OCH3 is 3. The predicted octanol–water partition coefficient (Wildman–Crippen LogP) is 3.96. The molecule has 1 aliphatic rings. The average Bonchev–Trinajstić information content (AvgIpc) is 3.30.